The van der Waals surface area contributed by atoms with Crippen LogP contribution < -0.4 is 21.3 Å². The number of carboxylic acids is 4. The minimum atomic E-state index is -1.82. The number of rotatable bonds is 0. The van der Waals surface area contributed by atoms with Gasteiger partial charge in [-0.25, -0.2) is 19.2 Å². The predicted molar refractivity (Wildman–Crippen MR) is 153 cm³/mol. The normalized spacial score (nSPS) is 34.7. The number of aliphatic carboxylic acids is 4. The quantitative estimate of drug-likeness (QED) is 0.139. The van der Waals surface area contributed by atoms with Gasteiger partial charge in [0.1, 0.15) is 0 Å². The van der Waals surface area contributed by atoms with Crippen molar-refractivity contribution in [3.63, 3.8) is 0 Å². The van der Waals surface area contributed by atoms with E-state index in [0.29, 0.717) is 24.4 Å². The van der Waals surface area contributed by atoms with Gasteiger partial charge in [-0.15, -0.1) is 0 Å². The molecule has 8 aliphatic rings. The molecule has 0 aromatic carbocycles. The molecular weight excluding hydrogens is 584 g/mol. The SMILES string of the molecule is C1C[C@@H]2OC[C@@H]2CN1.C1C[C@@H]2OC[C@@H]2CN1.C1C[C@H]2OC[C@H]2CN1.C1C[C@H]2OC[C@H]2CN1.O=C(O)C(=O)O.O=C(O)C(=O)O. The molecular formula is C28H48N4O12. The average molecular weight is 633 g/mol. The van der Waals surface area contributed by atoms with Gasteiger partial charge in [0, 0.05) is 49.9 Å². The fourth-order valence-corrected chi connectivity index (χ4v) is 5.64. The number of carboxylic acid groups (broad SMARTS) is 4. The maximum absolute atomic E-state index is 9.10. The maximum Gasteiger partial charge on any atom is 0.414 e. The van der Waals surface area contributed by atoms with Gasteiger partial charge in [0.15, 0.2) is 0 Å². The van der Waals surface area contributed by atoms with Crippen LogP contribution in [-0.4, -0.2) is 148 Å². The van der Waals surface area contributed by atoms with E-state index in [4.69, 9.17) is 58.6 Å². The van der Waals surface area contributed by atoms with Gasteiger partial charge in [0.05, 0.1) is 50.8 Å². The summed E-state index contributed by atoms with van der Waals surface area (Å²) in [6.45, 7) is 13.3. The second-order valence-electron chi connectivity index (χ2n) is 11.7. The Morgan fingerprint density at radius 3 is 0.682 bits per heavy atom. The number of piperidine rings is 4. The van der Waals surface area contributed by atoms with Gasteiger partial charge in [0.2, 0.25) is 0 Å². The van der Waals surface area contributed by atoms with Crippen molar-refractivity contribution in [3.8, 4) is 0 Å². The Morgan fingerprint density at radius 2 is 0.614 bits per heavy atom. The van der Waals surface area contributed by atoms with Crippen LogP contribution in [0.3, 0.4) is 0 Å². The number of ether oxygens (including phenoxy) is 4. The standard InChI is InChI=1S/4C6H11NO.2C2H2O4/c4*1-2-7-3-5-4-8-6(1)5;2*3-1(4)2(5)6/h4*5-7H,1-4H2;2*(H,3,4)(H,5,6)/t4*5-,6-;;/m1100../s1. The molecule has 0 amide bonds. The highest BCUT2D eigenvalue weighted by Crippen LogP contribution is 2.26. The minimum Gasteiger partial charge on any atom is -0.473 e. The van der Waals surface area contributed by atoms with E-state index in [1.54, 1.807) is 0 Å². The van der Waals surface area contributed by atoms with E-state index in [1.165, 1.54) is 51.9 Å². The molecule has 16 nitrogen and oxygen atoms in total. The molecule has 8 aliphatic heterocycles. The second kappa shape index (κ2) is 19.2. The summed E-state index contributed by atoms with van der Waals surface area (Å²) in [5.74, 6) is -3.89. The van der Waals surface area contributed by atoms with Crippen molar-refractivity contribution in [2.45, 2.75) is 50.1 Å². The van der Waals surface area contributed by atoms with Crippen molar-refractivity contribution >= 4 is 23.9 Å². The molecule has 16 heteroatoms. The van der Waals surface area contributed by atoms with Crippen LogP contribution >= 0.6 is 0 Å². The lowest BCUT2D eigenvalue weighted by atomic mass is 9.92. The Labute approximate surface area is 256 Å². The van der Waals surface area contributed by atoms with Gasteiger partial charge in [0.25, 0.3) is 0 Å². The van der Waals surface area contributed by atoms with E-state index >= 15 is 0 Å². The number of hydrogen-bond donors (Lipinski definition) is 8. The van der Waals surface area contributed by atoms with Gasteiger partial charge in [-0.2, -0.15) is 0 Å². The molecule has 0 aliphatic carbocycles. The van der Waals surface area contributed by atoms with Crippen LogP contribution in [0.1, 0.15) is 25.7 Å². The molecule has 8 rings (SSSR count). The van der Waals surface area contributed by atoms with Crippen molar-refractivity contribution in [2.75, 3.05) is 78.8 Å². The number of hydrogen-bond acceptors (Lipinski definition) is 12. The summed E-state index contributed by atoms with van der Waals surface area (Å²) in [5.41, 5.74) is 0. The molecule has 0 spiro atoms. The Balaban J connectivity index is 0.000000145. The molecule has 0 unspecified atom stereocenters. The third-order valence-electron chi connectivity index (χ3n) is 8.62. The van der Waals surface area contributed by atoms with Gasteiger partial charge in [-0.05, 0) is 51.9 Å². The topological polar surface area (TPSA) is 234 Å². The van der Waals surface area contributed by atoms with E-state index in [2.05, 4.69) is 21.3 Å². The van der Waals surface area contributed by atoms with E-state index in [-0.39, 0.29) is 0 Å². The van der Waals surface area contributed by atoms with Crippen LogP contribution in [0.25, 0.3) is 0 Å². The van der Waals surface area contributed by atoms with Crippen LogP contribution in [0.5, 0.6) is 0 Å². The summed E-state index contributed by atoms with van der Waals surface area (Å²) in [7, 11) is 0. The first-order valence-corrected chi connectivity index (χ1v) is 15.4. The van der Waals surface area contributed by atoms with Crippen LogP contribution in [0.2, 0.25) is 0 Å². The van der Waals surface area contributed by atoms with Gasteiger partial charge >= 0.3 is 23.9 Å². The monoisotopic (exact) mass is 632 g/mol. The Bertz CT molecular complexity index is 735. The lowest BCUT2D eigenvalue weighted by Crippen LogP contribution is -2.51. The van der Waals surface area contributed by atoms with Crippen molar-refractivity contribution in [2.24, 2.45) is 23.7 Å². The molecule has 8 N–H and O–H groups in total. The molecule has 0 radical (unpaired) electrons. The molecule has 0 bridgehead atoms. The largest absolute Gasteiger partial charge is 0.473 e. The molecule has 8 saturated heterocycles. The average Bonchev–Trinajstić information content (AvgIpc) is 2.93. The second-order valence-corrected chi connectivity index (χ2v) is 11.7. The summed E-state index contributed by atoms with van der Waals surface area (Å²) in [6.07, 6.45) is 7.39. The lowest BCUT2D eigenvalue weighted by molar-refractivity contribution is -0.159. The molecule has 8 heterocycles. The van der Waals surface area contributed by atoms with Crippen molar-refractivity contribution in [1.82, 2.24) is 21.3 Å². The molecule has 0 aromatic rings. The zero-order valence-electron chi connectivity index (χ0n) is 25.0. The number of fused-ring (bicyclic) bond motifs is 4. The van der Waals surface area contributed by atoms with Crippen LogP contribution in [-0.2, 0) is 38.1 Å². The van der Waals surface area contributed by atoms with E-state index < -0.39 is 23.9 Å². The van der Waals surface area contributed by atoms with Gasteiger partial charge in [-0.3, -0.25) is 0 Å². The fourth-order valence-electron chi connectivity index (χ4n) is 5.64. The lowest BCUT2D eigenvalue weighted by Gasteiger charge is -2.40. The Kier molecular flexibility index (Phi) is 15.7. The Morgan fingerprint density at radius 1 is 0.409 bits per heavy atom. The fraction of sp³-hybridized carbons (Fsp3) is 0.857. The summed E-state index contributed by atoms with van der Waals surface area (Å²) in [4.78, 5) is 36.4. The highest BCUT2D eigenvalue weighted by Gasteiger charge is 2.35. The molecule has 252 valence electrons. The summed E-state index contributed by atoms with van der Waals surface area (Å²) >= 11 is 0. The smallest absolute Gasteiger partial charge is 0.414 e. The summed E-state index contributed by atoms with van der Waals surface area (Å²) < 4.78 is 21.2. The van der Waals surface area contributed by atoms with Crippen molar-refractivity contribution < 1.29 is 58.6 Å². The predicted octanol–water partition coefficient (Wildman–Crippen LogP) is -1.71. The minimum absolute atomic E-state index is 0.622. The van der Waals surface area contributed by atoms with Gasteiger partial charge in [-0.1, -0.05) is 0 Å². The number of nitrogens with one attached hydrogen (secondary N) is 4. The van der Waals surface area contributed by atoms with E-state index in [9.17, 15) is 0 Å². The first kappa shape index (κ1) is 36.0. The van der Waals surface area contributed by atoms with Gasteiger partial charge < -0.3 is 60.6 Å². The molecule has 8 atom stereocenters. The van der Waals surface area contributed by atoms with Crippen molar-refractivity contribution in [3.05, 3.63) is 0 Å². The highest BCUT2D eigenvalue weighted by molar-refractivity contribution is 6.27. The third-order valence-corrected chi connectivity index (χ3v) is 8.62. The van der Waals surface area contributed by atoms with Crippen LogP contribution in [0.4, 0.5) is 0 Å². The summed E-state index contributed by atoms with van der Waals surface area (Å²) in [6, 6.07) is 0. The molecule has 0 saturated carbocycles. The van der Waals surface area contributed by atoms with Crippen molar-refractivity contribution in [1.29, 1.82) is 0 Å². The van der Waals surface area contributed by atoms with Crippen LogP contribution in [0.15, 0.2) is 0 Å². The zero-order chi connectivity index (χ0) is 31.9. The highest BCUT2D eigenvalue weighted by atomic mass is 16.5. The van der Waals surface area contributed by atoms with Crippen LogP contribution in [0, 0.1) is 23.7 Å². The van der Waals surface area contributed by atoms with E-state index in [0.717, 1.165) is 76.3 Å². The Hall–Kier alpha value is -2.44. The first-order chi connectivity index (χ1) is 21.2. The molecule has 8 fully saturated rings. The first-order valence-electron chi connectivity index (χ1n) is 15.4. The summed E-state index contributed by atoms with van der Waals surface area (Å²) in [5, 5.41) is 42.9. The maximum atomic E-state index is 9.10. The van der Waals surface area contributed by atoms with E-state index in [1.807, 2.05) is 0 Å². The number of carbonyl (C=O) groups is 4. The third kappa shape index (κ3) is 12.2. The molecule has 0 aromatic heterocycles. The zero-order valence-corrected chi connectivity index (χ0v) is 25.0. The molecule has 44 heavy (non-hydrogen) atoms.